The van der Waals surface area contributed by atoms with E-state index >= 15 is 0 Å². The number of hydrogen-bond donors (Lipinski definition) is 1. The van der Waals surface area contributed by atoms with Crippen LogP contribution in [0.1, 0.15) is 12.8 Å². The summed E-state index contributed by atoms with van der Waals surface area (Å²) in [6, 6.07) is 0.669. The zero-order chi connectivity index (χ0) is 9.26. The van der Waals surface area contributed by atoms with Crippen LogP contribution in [0, 0.1) is 4.77 Å². The number of imidazole rings is 1. The normalized spacial score (nSPS) is 23.9. The van der Waals surface area contributed by atoms with Crippen molar-refractivity contribution in [3.05, 3.63) is 17.2 Å². The molecule has 1 fully saturated rings. The molecule has 2 rings (SSSR count). The molecule has 4 heteroatoms. The Balaban J connectivity index is 2.06. The lowest BCUT2D eigenvalue weighted by Crippen LogP contribution is -2.29. The molecule has 1 aliphatic rings. The fraction of sp³-hybridized carbons (Fsp3) is 0.667. The maximum atomic E-state index is 5.15. The van der Waals surface area contributed by atoms with Crippen LogP contribution >= 0.6 is 12.2 Å². The van der Waals surface area contributed by atoms with E-state index in [1.807, 2.05) is 12.4 Å². The van der Waals surface area contributed by atoms with Crippen LogP contribution in [0.3, 0.4) is 0 Å². The summed E-state index contributed by atoms with van der Waals surface area (Å²) in [5, 5.41) is 0. The number of likely N-dealkylation sites (tertiary alicyclic amines) is 1. The number of nitrogens with zero attached hydrogens (tertiary/aromatic N) is 2. The number of nitrogens with one attached hydrogen (secondary N) is 1. The standard InChI is InChI=1S/C9H15N3S/c1-11-5-2-3-8(11)7-12-6-4-10-9(12)13/h4,6,8H,2-3,5,7H2,1H3,(H,10,13). The third-order valence-corrected chi connectivity index (χ3v) is 3.15. The zero-order valence-corrected chi connectivity index (χ0v) is 8.68. The molecule has 1 atom stereocenters. The Morgan fingerprint density at radius 3 is 3.08 bits per heavy atom. The second kappa shape index (κ2) is 3.64. The van der Waals surface area contributed by atoms with Gasteiger partial charge in [-0.25, -0.2) is 0 Å². The van der Waals surface area contributed by atoms with E-state index in [2.05, 4.69) is 21.5 Å². The van der Waals surface area contributed by atoms with Crippen molar-refractivity contribution in [2.45, 2.75) is 25.4 Å². The summed E-state index contributed by atoms with van der Waals surface area (Å²) >= 11 is 5.15. The van der Waals surface area contributed by atoms with E-state index in [9.17, 15) is 0 Å². The molecule has 1 aliphatic heterocycles. The predicted octanol–water partition coefficient (Wildman–Crippen LogP) is 1.64. The molecule has 13 heavy (non-hydrogen) atoms. The van der Waals surface area contributed by atoms with Crippen molar-refractivity contribution in [2.24, 2.45) is 0 Å². The molecule has 72 valence electrons. The van der Waals surface area contributed by atoms with Crippen molar-refractivity contribution in [1.82, 2.24) is 14.5 Å². The number of rotatable bonds is 2. The van der Waals surface area contributed by atoms with Crippen LogP contribution < -0.4 is 0 Å². The van der Waals surface area contributed by atoms with Gasteiger partial charge in [0.05, 0.1) is 0 Å². The molecule has 0 radical (unpaired) electrons. The second-order valence-electron chi connectivity index (χ2n) is 3.69. The number of likely N-dealkylation sites (N-methyl/N-ethyl adjacent to an activating group) is 1. The average Bonchev–Trinajstić information content (AvgIpc) is 2.65. The molecule has 1 N–H and O–H groups in total. The Bertz CT molecular complexity index is 328. The quantitative estimate of drug-likeness (QED) is 0.729. The van der Waals surface area contributed by atoms with Crippen LogP contribution in [0.15, 0.2) is 12.4 Å². The van der Waals surface area contributed by atoms with Gasteiger partial charge in [-0.2, -0.15) is 0 Å². The molecular weight excluding hydrogens is 182 g/mol. The number of H-pyrrole nitrogens is 1. The van der Waals surface area contributed by atoms with Crippen molar-refractivity contribution in [3.8, 4) is 0 Å². The largest absolute Gasteiger partial charge is 0.337 e. The van der Waals surface area contributed by atoms with E-state index in [-0.39, 0.29) is 0 Å². The fourth-order valence-corrected chi connectivity index (χ4v) is 2.13. The van der Waals surface area contributed by atoms with E-state index in [4.69, 9.17) is 12.2 Å². The Morgan fingerprint density at radius 1 is 1.69 bits per heavy atom. The van der Waals surface area contributed by atoms with Crippen LogP contribution in [-0.2, 0) is 6.54 Å². The maximum Gasteiger partial charge on any atom is 0.177 e. The van der Waals surface area contributed by atoms with Gasteiger partial charge in [0.25, 0.3) is 0 Å². The molecule has 2 heterocycles. The number of aromatic amines is 1. The minimum Gasteiger partial charge on any atom is -0.337 e. The van der Waals surface area contributed by atoms with E-state index < -0.39 is 0 Å². The SMILES string of the molecule is CN1CCCC1Cn1cc[nH]c1=S. The molecule has 0 saturated carbocycles. The first-order valence-corrected chi connectivity index (χ1v) is 5.12. The van der Waals surface area contributed by atoms with Crippen LogP contribution in [0.25, 0.3) is 0 Å². The van der Waals surface area contributed by atoms with Gasteiger partial charge in [-0.1, -0.05) is 0 Å². The monoisotopic (exact) mass is 197 g/mol. The van der Waals surface area contributed by atoms with Crippen LogP contribution in [0.4, 0.5) is 0 Å². The molecule has 1 aromatic heterocycles. The highest BCUT2D eigenvalue weighted by molar-refractivity contribution is 7.71. The minimum atomic E-state index is 0.669. The van der Waals surface area contributed by atoms with E-state index in [0.717, 1.165) is 11.3 Å². The summed E-state index contributed by atoms with van der Waals surface area (Å²) in [4.78, 5) is 5.43. The number of aromatic nitrogens is 2. The molecule has 1 aromatic rings. The predicted molar refractivity (Wildman–Crippen MR) is 55.3 cm³/mol. The van der Waals surface area contributed by atoms with E-state index in [1.165, 1.54) is 19.4 Å². The van der Waals surface area contributed by atoms with Gasteiger partial charge in [0.1, 0.15) is 0 Å². The lowest BCUT2D eigenvalue weighted by Gasteiger charge is -2.19. The zero-order valence-electron chi connectivity index (χ0n) is 7.86. The topological polar surface area (TPSA) is 24.0 Å². The highest BCUT2D eigenvalue weighted by Gasteiger charge is 2.20. The third kappa shape index (κ3) is 1.84. The van der Waals surface area contributed by atoms with E-state index in [0.29, 0.717) is 6.04 Å². The van der Waals surface area contributed by atoms with Crippen molar-refractivity contribution in [1.29, 1.82) is 0 Å². The summed E-state index contributed by atoms with van der Waals surface area (Å²) < 4.78 is 2.95. The molecule has 0 aliphatic carbocycles. The maximum absolute atomic E-state index is 5.15. The Kier molecular flexibility index (Phi) is 2.51. The van der Waals surface area contributed by atoms with Gasteiger partial charge < -0.3 is 14.5 Å². The van der Waals surface area contributed by atoms with Crippen LogP contribution in [-0.4, -0.2) is 34.1 Å². The molecule has 1 saturated heterocycles. The third-order valence-electron chi connectivity index (χ3n) is 2.80. The first kappa shape index (κ1) is 8.97. The average molecular weight is 197 g/mol. The van der Waals surface area contributed by atoms with Gasteiger partial charge in [0.2, 0.25) is 0 Å². The van der Waals surface area contributed by atoms with Gasteiger partial charge in [0, 0.05) is 25.0 Å². The molecule has 1 unspecified atom stereocenters. The molecular formula is C9H15N3S. The van der Waals surface area contributed by atoms with Crippen molar-refractivity contribution in [3.63, 3.8) is 0 Å². The molecule has 0 spiro atoms. The highest BCUT2D eigenvalue weighted by atomic mass is 32.1. The summed E-state index contributed by atoms with van der Waals surface area (Å²) in [5.74, 6) is 0. The lowest BCUT2D eigenvalue weighted by atomic mass is 10.2. The lowest BCUT2D eigenvalue weighted by molar-refractivity contribution is 0.281. The van der Waals surface area contributed by atoms with Crippen LogP contribution in [0.5, 0.6) is 0 Å². The minimum absolute atomic E-state index is 0.669. The summed E-state index contributed by atoms with van der Waals surface area (Å²) in [7, 11) is 2.19. The Morgan fingerprint density at radius 2 is 2.54 bits per heavy atom. The summed E-state index contributed by atoms with van der Waals surface area (Å²) in [6.07, 6.45) is 6.54. The van der Waals surface area contributed by atoms with Crippen molar-refractivity contribution < 1.29 is 0 Å². The van der Waals surface area contributed by atoms with Gasteiger partial charge in [-0.15, -0.1) is 0 Å². The molecule has 0 bridgehead atoms. The second-order valence-corrected chi connectivity index (χ2v) is 4.08. The number of hydrogen-bond acceptors (Lipinski definition) is 2. The van der Waals surface area contributed by atoms with E-state index in [1.54, 1.807) is 0 Å². The fourth-order valence-electron chi connectivity index (χ4n) is 1.93. The molecule has 0 aromatic carbocycles. The molecule has 3 nitrogen and oxygen atoms in total. The Hall–Kier alpha value is -0.610. The van der Waals surface area contributed by atoms with Gasteiger partial charge in [0.15, 0.2) is 4.77 Å². The molecule has 0 amide bonds. The summed E-state index contributed by atoms with van der Waals surface area (Å²) in [6.45, 7) is 2.25. The highest BCUT2D eigenvalue weighted by Crippen LogP contribution is 2.16. The summed E-state index contributed by atoms with van der Waals surface area (Å²) in [5.41, 5.74) is 0. The van der Waals surface area contributed by atoms with Crippen molar-refractivity contribution >= 4 is 12.2 Å². The van der Waals surface area contributed by atoms with Gasteiger partial charge in [-0.05, 0) is 38.7 Å². The van der Waals surface area contributed by atoms with Gasteiger partial charge >= 0.3 is 0 Å². The first-order valence-electron chi connectivity index (χ1n) is 4.71. The smallest absolute Gasteiger partial charge is 0.177 e. The van der Waals surface area contributed by atoms with Gasteiger partial charge in [-0.3, -0.25) is 0 Å². The Labute approximate surface area is 83.4 Å². The van der Waals surface area contributed by atoms with Crippen LogP contribution in [0.2, 0.25) is 0 Å². The first-order chi connectivity index (χ1) is 6.27. The van der Waals surface area contributed by atoms with Crippen molar-refractivity contribution in [2.75, 3.05) is 13.6 Å².